The molecule has 0 saturated carbocycles. The topological polar surface area (TPSA) is 19.0 Å². The van der Waals surface area contributed by atoms with Crippen molar-refractivity contribution in [3.05, 3.63) is 29.5 Å². The second-order valence-corrected chi connectivity index (χ2v) is 6.21. The van der Waals surface area contributed by atoms with Crippen LogP contribution in [0, 0.1) is 6.92 Å². The third-order valence-corrected chi connectivity index (χ3v) is 4.87. The van der Waals surface area contributed by atoms with Gasteiger partial charge in [-0.3, -0.25) is 0 Å². The van der Waals surface area contributed by atoms with Gasteiger partial charge in [0, 0.05) is 31.6 Å². The number of likely N-dealkylation sites (N-methyl/N-ethyl adjacent to an activating group) is 1. The van der Waals surface area contributed by atoms with Gasteiger partial charge in [0.05, 0.1) is 0 Å². The molecular formula is C16H22N2S. The highest BCUT2D eigenvalue weighted by molar-refractivity contribution is 7.98. The SMILES string of the molecule is [2H]C([2H])([2H])N1CCC[C@@H]1Cc1c(C)[nH]c2ccc(SC)cc12. The summed E-state index contributed by atoms with van der Waals surface area (Å²) in [6.45, 7) is 0.785. The Kier molecular flexibility index (Phi) is 2.72. The molecule has 0 unspecified atom stereocenters. The van der Waals surface area contributed by atoms with Gasteiger partial charge in [0.2, 0.25) is 0 Å². The van der Waals surface area contributed by atoms with Gasteiger partial charge in [-0.05, 0) is 69.7 Å². The first kappa shape index (κ1) is 9.89. The van der Waals surface area contributed by atoms with Crippen LogP contribution in [-0.2, 0) is 6.42 Å². The summed E-state index contributed by atoms with van der Waals surface area (Å²) in [5.74, 6) is 0. The van der Waals surface area contributed by atoms with Crippen LogP contribution in [0.3, 0.4) is 0 Å². The zero-order valence-electron chi connectivity index (χ0n) is 14.5. The summed E-state index contributed by atoms with van der Waals surface area (Å²) >= 11 is 1.73. The Morgan fingerprint density at radius 2 is 2.42 bits per heavy atom. The van der Waals surface area contributed by atoms with Gasteiger partial charge < -0.3 is 9.88 Å². The van der Waals surface area contributed by atoms with Crippen molar-refractivity contribution in [3.63, 3.8) is 0 Å². The average Bonchev–Trinajstić information content (AvgIpc) is 3.04. The normalized spacial score (nSPS) is 23.5. The minimum absolute atomic E-state index is 0.114. The maximum atomic E-state index is 7.72. The van der Waals surface area contributed by atoms with Crippen LogP contribution in [0.2, 0.25) is 0 Å². The highest BCUT2D eigenvalue weighted by Gasteiger charge is 2.23. The molecule has 1 aliphatic rings. The molecule has 0 aliphatic carbocycles. The minimum Gasteiger partial charge on any atom is -0.358 e. The molecule has 1 aliphatic heterocycles. The van der Waals surface area contributed by atoms with Gasteiger partial charge in [-0.2, -0.15) is 0 Å². The first-order valence-electron chi connectivity index (χ1n) is 8.32. The lowest BCUT2D eigenvalue weighted by molar-refractivity contribution is 0.309. The van der Waals surface area contributed by atoms with Crippen LogP contribution in [0.4, 0.5) is 0 Å². The molecule has 3 rings (SSSR count). The van der Waals surface area contributed by atoms with Gasteiger partial charge in [-0.1, -0.05) is 0 Å². The number of aryl methyl sites for hydroxylation is 1. The summed E-state index contributed by atoms with van der Waals surface area (Å²) in [5.41, 5.74) is 3.57. The van der Waals surface area contributed by atoms with Crippen LogP contribution in [0.15, 0.2) is 23.1 Å². The van der Waals surface area contributed by atoms with E-state index in [-0.39, 0.29) is 6.04 Å². The van der Waals surface area contributed by atoms with Crippen molar-refractivity contribution in [3.8, 4) is 0 Å². The Labute approximate surface area is 123 Å². The molecular weight excluding hydrogens is 252 g/mol. The van der Waals surface area contributed by atoms with Crippen LogP contribution in [0.1, 0.15) is 28.2 Å². The number of thioether (sulfide) groups is 1. The Hall–Kier alpha value is -0.930. The standard InChI is InChI=1S/C16H22N2S/c1-11-14(9-12-5-4-8-18(12)2)15-10-13(19-3)6-7-16(15)17-11/h6-7,10,12,17H,4-5,8-9H2,1-3H3/t12-/m1/s1/i2D3. The number of H-pyrrole nitrogens is 1. The fourth-order valence-electron chi connectivity index (χ4n) is 3.04. The maximum Gasteiger partial charge on any atom is 0.0459 e. The molecule has 2 aromatic rings. The van der Waals surface area contributed by atoms with Crippen molar-refractivity contribution < 1.29 is 4.11 Å². The second kappa shape index (κ2) is 5.22. The Bertz CT molecular complexity index is 678. The molecule has 1 N–H and O–H groups in total. The molecule has 1 fully saturated rings. The number of likely N-dealkylation sites (tertiary alicyclic amines) is 1. The number of fused-ring (bicyclic) bond motifs is 1. The van der Waals surface area contributed by atoms with E-state index in [2.05, 4.69) is 36.4 Å². The maximum absolute atomic E-state index is 7.72. The van der Waals surface area contributed by atoms with Gasteiger partial charge in [-0.25, -0.2) is 0 Å². The molecule has 1 saturated heterocycles. The molecule has 2 nitrogen and oxygen atoms in total. The highest BCUT2D eigenvalue weighted by Crippen LogP contribution is 2.30. The van der Waals surface area contributed by atoms with Crippen molar-refractivity contribution in [1.82, 2.24) is 9.88 Å². The number of hydrogen-bond acceptors (Lipinski definition) is 2. The fourth-order valence-corrected chi connectivity index (χ4v) is 3.47. The van der Waals surface area contributed by atoms with Crippen LogP contribution in [-0.4, -0.2) is 35.7 Å². The molecule has 19 heavy (non-hydrogen) atoms. The van der Waals surface area contributed by atoms with Gasteiger partial charge in [0.25, 0.3) is 0 Å². The zero-order valence-corrected chi connectivity index (χ0v) is 12.3. The van der Waals surface area contributed by atoms with Crippen molar-refractivity contribution in [2.75, 3.05) is 19.8 Å². The highest BCUT2D eigenvalue weighted by atomic mass is 32.2. The first-order chi connectivity index (χ1) is 10.4. The predicted molar refractivity (Wildman–Crippen MR) is 84.2 cm³/mol. The lowest BCUT2D eigenvalue weighted by Gasteiger charge is -2.19. The van der Waals surface area contributed by atoms with Gasteiger partial charge in [0.15, 0.2) is 0 Å². The second-order valence-electron chi connectivity index (χ2n) is 5.33. The van der Waals surface area contributed by atoms with E-state index in [0.717, 1.165) is 30.5 Å². The number of aromatic amines is 1. The van der Waals surface area contributed by atoms with E-state index in [0.29, 0.717) is 6.54 Å². The molecule has 3 heteroatoms. The van der Waals surface area contributed by atoms with E-state index in [4.69, 9.17) is 4.11 Å². The largest absolute Gasteiger partial charge is 0.358 e. The van der Waals surface area contributed by atoms with E-state index in [1.165, 1.54) is 15.8 Å². The van der Waals surface area contributed by atoms with E-state index >= 15 is 0 Å². The number of benzene rings is 1. The summed E-state index contributed by atoms with van der Waals surface area (Å²) in [7, 11) is 0. The molecule has 0 bridgehead atoms. The summed E-state index contributed by atoms with van der Waals surface area (Å²) in [6, 6.07) is 6.57. The lowest BCUT2D eigenvalue weighted by atomic mass is 10.0. The smallest absolute Gasteiger partial charge is 0.0459 e. The van der Waals surface area contributed by atoms with Crippen molar-refractivity contribution >= 4 is 22.7 Å². The molecule has 0 amide bonds. The minimum atomic E-state index is -1.98. The van der Waals surface area contributed by atoms with E-state index in [1.807, 2.05) is 0 Å². The van der Waals surface area contributed by atoms with E-state index in [9.17, 15) is 0 Å². The van der Waals surface area contributed by atoms with Crippen LogP contribution in [0.5, 0.6) is 0 Å². The number of aromatic nitrogens is 1. The van der Waals surface area contributed by atoms with Gasteiger partial charge in [-0.15, -0.1) is 11.8 Å². The molecule has 0 spiro atoms. The molecule has 0 radical (unpaired) electrons. The van der Waals surface area contributed by atoms with Crippen molar-refractivity contribution in [1.29, 1.82) is 0 Å². The monoisotopic (exact) mass is 277 g/mol. The van der Waals surface area contributed by atoms with Crippen LogP contribution < -0.4 is 0 Å². The fraction of sp³-hybridized carbons (Fsp3) is 0.500. The number of rotatable bonds is 3. The Morgan fingerprint density at radius 3 is 3.21 bits per heavy atom. The molecule has 1 atom stereocenters. The summed E-state index contributed by atoms with van der Waals surface area (Å²) in [6.07, 6.45) is 4.82. The number of nitrogens with one attached hydrogen (secondary N) is 1. The van der Waals surface area contributed by atoms with Gasteiger partial charge in [0.1, 0.15) is 0 Å². The van der Waals surface area contributed by atoms with E-state index in [1.54, 1.807) is 16.7 Å². The Balaban J connectivity index is 1.94. The number of nitrogens with zero attached hydrogens (tertiary/aromatic N) is 1. The average molecular weight is 277 g/mol. The van der Waals surface area contributed by atoms with Gasteiger partial charge >= 0.3 is 0 Å². The molecule has 102 valence electrons. The summed E-state index contributed by atoms with van der Waals surface area (Å²) in [5, 5.41) is 1.24. The van der Waals surface area contributed by atoms with Crippen LogP contribution in [0.25, 0.3) is 10.9 Å². The number of hydrogen-bond donors (Lipinski definition) is 1. The first-order valence-corrected chi connectivity index (χ1v) is 8.04. The molecule has 2 heterocycles. The zero-order chi connectivity index (χ0) is 15.9. The van der Waals surface area contributed by atoms with Crippen molar-refractivity contribution in [2.24, 2.45) is 0 Å². The summed E-state index contributed by atoms with van der Waals surface area (Å²) < 4.78 is 23.2. The van der Waals surface area contributed by atoms with Crippen molar-refractivity contribution in [2.45, 2.75) is 37.1 Å². The third-order valence-electron chi connectivity index (χ3n) is 4.14. The summed E-state index contributed by atoms with van der Waals surface area (Å²) in [4.78, 5) is 6.38. The lowest BCUT2D eigenvalue weighted by Crippen LogP contribution is -2.26. The van der Waals surface area contributed by atoms with Crippen LogP contribution >= 0.6 is 11.8 Å². The Morgan fingerprint density at radius 1 is 1.53 bits per heavy atom. The predicted octanol–water partition coefficient (Wildman–Crippen LogP) is 3.83. The quantitative estimate of drug-likeness (QED) is 0.860. The third kappa shape index (κ3) is 2.41. The molecule has 1 aromatic carbocycles. The molecule has 1 aromatic heterocycles. The van der Waals surface area contributed by atoms with E-state index < -0.39 is 6.98 Å².